The standard InChI is InChI=1S/C86H55N13Si/c1-5-27-56(28-6-1)80-87-68-40-14-19-45-73(68)95(80)63-51-62(52-64(55-63)96-74-46-20-15-41-69(74)88-81(96)57-29-7-2-8-30-57)60-35-25-37-65(53-60)100(78-50-24-13-39-67(78)84-91-72-44-18-23-49-77(72)99(84)100)66-38-26-36-61(54-66)79-92-85(97-75-47-21-16-42-70(75)89-82(97)58-31-9-3-10-32-58)94-86(93-79)98-76-48-22-17-43-71(76)90-83(98)59-33-11-4-12-34-59/h1-55H. The van der Waals surface area contributed by atoms with Crippen LogP contribution in [0.3, 0.4) is 0 Å². The average Bonchev–Trinajstić information content (AvgIpc) is 1.50. The van der Waals surface area contributed by atoms with Crippen LogP contribution in [-0.2, 0) is 0 Å². The topological polar surface area (TPSA) is 128 Å². The van der Waals surface area contributed by atoms with Gasteiger partial charge >= 0.3 is 0 Å². The van der Waals surface area contributed by atoms with Crippen LogP contribution >= 0.6 is 0 Å². The molecule has 0 spiro atoms. The smallest absolute Gasteiger partial charge is 0.259 e. The first-order valence-corrected chi connectivity index (χ1v) is 35.4. The Bertz CT molecular complexity index is 5830. The Labute approximate surface area is 574 Å². The SMILES string of the molecule is c1ccc(-c2nc3ccccc3n2-c2cc(-c3cccc([Si]4(c5cccc(-c6nc(-n7c(-c8ccccc8)nc8ccccc87)nc(-n7c(-c8ccccc8)nc8ccccc87)n6)c5)c5ccccc5-c5nc6ccccc6n54)c3)cc(-n3c(-c4ccccc4)nc4ccccc43)c2)cc1. The van der Waals surface area contributed by atoms with Gasteiger partial charge in [0.2, 0.25) is 11.9 Å². The predicted molar refractivity (Wildman–Crippen MR) is 403 cm³/mol. The summed E-state index contributed by atoms with van der Waals surface area (Å²) in [6, 6.07) is 117. The number of para-hydroxylation sites is 10. The Hall–Kier alpha value is -13.6. The lowest BCUT2D eigenvalue weighted by Gasteiger charge is -2.32. The third-order valence-electron chi connectivity index (χ3n) is 19.4. The van der Waals surface area contributed by atoms with Crippen LogP contribution in [0.25, 0.3) is 158 Å². The molecule has 13 nitrogen and oxygen atoms in total. The highest BCUT2D eigenvalue weighted by atomic mass is 28.3. The lowest BCUT2D eigenvalue weighted by Crippen LogP contribution is -2.70. The van der Waals surface area contributed by atoms with E-state index in [9.17, 15) is 0 Å². The lowest BCUT2D eigenvalue weighted by atomic mass is 10.0. The summed E-state index contributed by atoms with van der Waals surface area (Å²) in [5.74, 6) is 5.30. The van der Waals surface area contributed by atoms with Gasteiger partial charge in [0.05, 0.1) is 66.5 Å². The number of imidazole rings is 5. The normalized spacial score (nSPS) is 13.4. The molecule has 0 aliphatic carbocycles. The molecule has 14 heteroatoms. The Morgan fingerprint density at radius 2 is 0.560 bits per heavy atom. The van der Waals surface area contributed by atoms with E-state index < -0.39 is 8.24 Å². The molecule has 100 heavy (non-hydrogen) atoms. The fraction of sp³-hybridized carbons (Fsp3) is 0. The number of nitrogens with zero attached hydrogens (tertiary/aromatic N) is 13. The molecule has 0 fully saturated rings. The van der Waals surface area contributed by atoms with Crippen molar-refractivity contribution in [1.82, 2.24) is 62.4 Å². The monoisotopic (exact) mass is 1300 g/mol. The van der Waals surface area contributed by atoms with E-state index in [2.05, 4.69) is 283 Å². The Kier molecular flexibility index (Phi) is 12.9. The lowest BCUT2D eigenvalue weighted by molar-refractivity contribution is 0.869. The van der Waals surface area contributed by atoms with E-state index in [1.807, 2.05) is 72.8 Å². The fourth-order valence-electron chi connectivity index (χ4n) is 15.1. The first-order chi connectivity index (χ1) is 49.6. The summed E-state index contributed by atoms with van der Waals surface area (Å²) in [7, 11) is -3.57. The van der Waals surface area contributed by atoms with Crippen LogP contribution in [-0.4, -0.2) is 70.6 Å². The van der Waals surface area contributed by atoms with Gasteiger partial charge in [0.1, 0.15) is 29.1 Å². The van der Waals surface area contributed by atoms with E-state index in [0.717, 1.165) is 139 Å². The fourth-order valence-corrected chi connectivity index (χ4v) is 20.1. The van der Waals surface area contributed by atoms with Crippen LogP contribution in [0.1, 0.15) is 0 Å². The molecule has 6 aromatic heterocycles. The van der Waals surface area contributed by atoms with Gasteiger partial charge in [-0.1, -0.05) is 249 Å². The number of rotatable bonds is 12. The molecule has 0 radical (unpaired) electrons. The molecule has 0 bridgehead atoms. The summed E-state index contributed by atoms with van der Waals surface area (Å²) in [6.07, 6.45) is 0. The van der Waals surface area contributed by atoms with Gasteiger partial charge in [-0.25, -0.2) is 24.9 Å². The van der Waals surface area contributed by atoms with Crippen molar-refractivity contribution in [1.29, 1.82) is 0 Å². The number of aromatic nitrogens is 13. The molecule has 20 rings (SSSR count). The first-order valence-electron chi connectivity index (χ1n) is 33.4. The van der Waals surface area contributed by atoms with Crippen LogP contribution in [0.2, 0.25) is 0 Å². The van der Waals surface area contributed by atoms with Gasteiger partial charge in [-0.2, -0.15) is 15.0 Å². The van der Waals surface area contributed by atoms with Crippen molar-refractivity contribution < 1.29 is 0 Å². The van der Waals surface area contributed by atoms with Gasteiger partial charge < -0.3 is 4.23 Å². The molecule has 0 N–H and O–H groups in total. The average molecular weight is 1300 g/mol. The zero-order valence-corrected chi connectivity index (χ0v) is 54.6. The van der Waals surface area contributed by atoms with Crippen LogP contribution in [0.4, 0.5) is 0 Å². The molecule has 13 aromatic carbocycles. The summed E-state index contributed by atoms with van der Waals surface area (Å²) in [4.78, 5) is 43.7. The van der Waals surface area contributed by atoms with Gasteiger partial charge in [-0.15, -0.1) is 0 Å². The minimum absolute atomic E-state index is 0.407. The number of benzene rings is 13. The van der Waals surface area contributed by atoms with Gasteiger partial charge in [0.25, 0.3) is 8.24 Å². The third kappa shape index (κ3) is 8.94. The van der Waals surface area contributed by atoms with Crippen molar-refractivity contribution in [2.45, 2.75) is 0 Å². The summed E-state index contributed by atoms with van der Waals surface area (Å²) in [6.45, 7) is 0. The molecule has 1 aliphatic heterocycles. The second-order valence-corrected chi connectivity index (χ2v) is 28.7. The summed E-state index contributed by atoms with van der Waals surface area (Å²) < 4.78 is 11.4. The van der Waals surface area contributed by atoms with Gasteiger partial charge in [-0.3, -0.25) is 18.3 Å². The second kappa shape index (κ2) is 22.8. The largest absolute Gasteiger partial charge is 0.339 e. The summed E-state index contributed by atoms with van der Waals surface area (Å²) in [5.41, 5.74) is 18.8. The molecular weight excluding hydrogens is 1240 g/mol. The van der Waals surface area contributed by atoms with E-state index in [1.165, 1.54) is 5.19 Å². The second-order valence-electron chi connectivity index (χ2n) is 25.2. The van der Waals surface area contributed by atoms with Gasteiger partial charge in [0, 0.05) is 33.4 Å². The van der Waals surface area contributed by atoms with E-state index in [0.29, 0.717) is 29.4 Å². The first kappa shape index (κ1) is 56.8. The van der Waals surface area contributed by atoms with Crippen LogP contribution < -0.4 is 15.6 Å². The molecule has 468 valence electrons. The zero-order chi connectivity index (χ0) is 65.8. The molecule has 0 saturated carbocycles. The van der Waals surface area contributed by atoms with E-state index in [-0.39, 0.29) is 0 Å². The van der Waals surface area contributed by atoms with Crippen molar-refractivity contribution >= 4 is 79.0 Å². The van der Waals surface area contributed by atoms with Crippen molar-refractivity contribution in [3.8, 4) is 103 Å². The Morgan fingerprint density at radius 3 is 1.02 bits per heavy atom. The highest BCUT2D eigenvalue weighted by Gasteiger charge is 2.51. The summed E-state index contributed by atoms with van der Waals surface area (Å²) >= 11 is 0. The summed E-state index contributed by atoms with van der Waals surface area (Å²) in [5, 5.41) is 3.49. The van der Waals surface area contributed by atoms with E-state index >= 15 is 0 Å². The number of hydrogen-bond acceptors (Lipinski definition) is 8. The molecule has 0 saturated heterocycles. The maximum absolute atomic E-state index is 5.62. The van der Waals surface area contributed by atoms with E-state index in [1.54, 1.807) is 0 Å². The quantitative estimate of drug-likeness (QED) is 0.111. The van der Waals surface area contributed by atoms with Crippen molar-refractivity contribution in [3.63, 3.8) is 0 Å². The van der Waals surface area contributed by atoms with Gasteiger partial charge in [0.15, 0.2) is 5.82 Å². The molecule has 1 unspecified atom stereocenters. The van der Waals surface area contributed by atoms with Crippen molar-refractivity contribution in [2.24, 2.45) is 0 Å². The minimum Gasteiger partial charge on any atom is -0.339 e. The molecule has 7 heterocycles. The number of hydrogen-bond donors (Lipinski definition) is 0. The van der Waals surface area contributed by atoms with Gasteiger partial charge in [-0.05, 0) is 112 Å². The molecular formula is C86H55N13Si. The molecule has 1 aliphatic rings. The Balaban J connectivity index is 0.846. The van der Waals surface area contributed by atoms with Crippen LogP contribution in [0.15, 0.2) is 334 Å². The zero-order valence-electron chi connectivity index (χ0n) is 53.6. The van der Waals surface area contributed by atoms with Crippen molar-refractivity contribution in [3.05, 3.63) is 334 Å². The van der Waals surface area contributed by atoms with Crippen LogP contribution in [0.5, 0.6) is 0 Å². The predicted octanol–water partition coefficient (Wildman–Crippen LogP) is 17.1. The molecule has 0 amide bonds. The minimum atomic E-state index is -3.57. The third-order valence-corrected chi connectivity index (χ3v) is 24.0. The van der Waals surface area contributed by atoms with Crippen molar-refractivity contribution in [2.75, 3.05) is 0 Å². The van der Waals surface area contributed by atoms with E-state index in [4.69, 9.17) is 39.9 Å². The highest BCUT2D eigenvalue weighted by Crippen LogP contribution is 2.40. The Morgan fingerprint density at radius 1 is 0.220 bits per heavy atom. The molecule has 1 atom stereocenters. The number of fused-ring (bicyclic) bond motifs is 9. The maximum Gasteiger partial charge on any atom is 0.259 e. The highest BCUT2D eigenvalue weighted by molar-refractivity contribution is 7.12. The van der Waals surface area contributed by atoms with Crippen LogP contribution in [0, 0.1) is 0 Å². The maximum atomic E-state index is 5.62. The molecule has 19 aromatic rings.